The molecule has 1 radical (unpaired) electrons. The molecular formula is C14H15Ge. The van der Waals surface area contributed by atoms with Gasteiger partial charge in [0.25, 0.3) is 0 Å². The normalized spacial score (nSPS) is 10.6. The Hall–Kier alpha value is -1.02. The molecule has 0 unspecified atom stereocenters. The van der Waals surface area contributed by atoms with Crippen molar-refractivity contribution in [2.45, 2.75) is 11.5 Å². The van der Waals surface area contributed by atoms with Crippen LogP contribution in [0.3, 0.4) is 0 Å². The van der Waals surface area contributed by atoms with Gasteiger partial charge in [0.2, 0.25) is 0 Å². The van der Waals surface area contributed by atoms with Crippen molar-refractivity contribution in [3.05, 3.63) is 54.6 Å². The van der Waals surface area contributed by atoms with Crippen molar-refractivity contribution in [2.75, 3.05) is 0 Å². The molecule has 0 aliphatic rings. The van der Waals surface area contributed by atoms with E-state index in [0.717, 1.165) is 0 Å². The molecule has 0 aliphatic heterocycles. The Balaban J connectivity index is 2.53. The molecule has 0 saturated heterocycles. The Morgan fingerprint density at radius 3 is 2.00 bits per heavy atom. The van der Waals surface area contributed by atoms with Crippen molar-refractivity contribution >= 4 is 18.7 Å². The summed E-state index contributed by atoms with van der Waals surface area (Å²) in [6, 6.07) is 19.5. The van der Waals surface area contributed by atoms with Gasteiger partial charge in [-0.3, -0.25) is 0 Å². The molecule has 0 aromatic heterocycles. The monoisotopic (exact) mass is 257 g/mol. The van der Waals surface area contributed by atoms with E-state index in [0.29, 0.717) is 0 Å². The average molecular weight is 256 g/mol. The van der Waals surface area contributed by atoms with Crippen LogP contribution >= 0.6 is 0 Å². The third-order valence-electron chi connectivity index (χ3n) is 2.55. The van der Waals surface area contributed by atoms with Gasteiger partial charge in [0.15, 0.2) is 0 Å². The van der Waals surface area contributed by atoms with Gasteiger partial charge in [0, 0.05) is 0 Å². The van der Waals surface area contributed by atoms with Crippen molar-refractivity contribution in [3.8, 4) is 11.1 Å². The third-order valence-corrected chi connectivity index (χ3v) is 5.73. The summed E-state index contributed by atoms with van der Waals surface area (Å²) in [5, 5.41) is 0. The van der Waals surface area contributed by atoms with Crippen molar-refractivity contribution in [1.29, 1.82) is 0 Å². The first-order valence-corrected chi connectivity index (χ1v) is 10.5. The maximum absolute atomic E-state index is 2.40. The van der Waals surface area contributed by atoms with Crippen molar-refractivity contribution in [3.63, 3.8) is 0 Å². The molecule has 0 amide bonds. The maximum atomic E-state index is 2.40. The van der Waals surface area contributed by atoms with E-state index < -0.39 is 14.3 Å². The summed E-state index contributed by atoms with van der Waals surface area (Å²) < 4.78 is 1.59. The Bertz CT molecular complexity index is 432. The van der Waals surface area contributed by atoms with Crippen LogP contribution in [0.4, 0.5) is 0 Å². The van der Waals surface area contributed by atoms with Crippen LogP contribution < -0.4 is 4.40 Å². The molecule has 2 aromatic carbocycles. The Morgan fingerprint density at radius 1 is 0.733 bits per heavy atom. The molecule has 15 heavy (non-hydrogen) atoms. The first kappa shape index (κ1) is 10.5. The van der Waals surface area contributed by atoms with Crippen LogP contribution in [-0.4, -0.2) is 14.3 Å². The second kappa shape index (κ2) is 4.67. The second-order valence-corrected chi connectivity index (χ2v) is 9.24. The van der Waals surface area contributed by atoms with Crippen LogP contribution in [0, 0.1) is 0 Å². The first-order chi connectivity index (χ1) is 7.29. The first-order valence-electron chi connectivity index (χ1n) is 5.24. The van der Waals surface area contributed by atoms with Gasteiger partial charge in [-0.1, -0.05) is 0 Å². The fourth-order valence-corrected chi connectivity index (χ4v) is 4.30. The number of rotatable bonds is 2. The predicted octanol–water partition coefficient (Wildman–Crippen LogP) is 3.32. The van der Waals surface area contributed by atoms with Gasteiger partial charge in [0.05, 0.1) is 0 Å². The summed E-state index contributed by atoms with van der Waals surface area (Å²) in [5.41, 5.74) is 2.78. The summed E-state index contributed by atoms with van der Waals surface area (Å²) in [6.07, 6.45) is 0. The van der Waals surface area contributed by atoms with Gasteiger partial charge in [-0.25, -0.2) is 0 Å². The Morgan fingerprint density at radius 2 is 1.33 bits per heavy atom. The molecular weight excluding hydrogens is 241 g/mol. The van der Waals surface area contributed by atoms with Crippen LogP contribution in [0.5, 0.6) is 0 Å². The van der Waals surface area contributed by atoms with Crippen LogP contribution in [0.1, 0.15) is 0 Å². The molecule has 0 atom stereocenters. The van der Waals surface area contributed by atoms with Gasteiger partial charge in [-0.15, -0.1) is 0 Å². The minimum absolute atomic E-state index is 1.000. The van der Waals surface area contributed by atoms with Gasteiger partial charge in [0.1, 0.15) is 0 Å². The number of benzene rings is 2. The van der Waals surface area contributed by atoms with E-state index in [2.05, 4.69) is 66.1 Å². The van der Waals surface area contributed by atoms with Gasteiger partial charge in [-0.05, 0) is 0 Å². The van der Waals surface area contributed by atoms with E-state index >= 15 is 0 Å². The molecule has 2 aromatic rings. The summed E-state index contributed by atoms with van der Waals surface area (Å²) in [5.74, 6) is 4.81. The molecule has 0 N–H and O–H groups in total. The molecule has 0 fully saturated rings. The third kappa shape index (κ3) is 2.32. The fraction of sp³-hybridized carbons (Fsp3) is 0.143. The van der Waals surface area contributed by atoms with Gasteiger partial charge < -0.3 is 0 Å². The van der Waals surface area contributed by atoms with E-state index in [1.165, 1.54) is 11.1 Å². The standard InChI is InChI=1S/C14H15Ge/c1-15(2)14-11-7-6-10-13(14)12-8-4-3-5-9-12/h3-11H,1-2H3. The molecule has 2 rings (SSSR count). The summed E-state index contributed by atoms with van der Waals surface area (Å²) in [4.78, 5) is 0. The zero-order valence-corrected chi connectivity index (χ0v) is 11.3. The van der Waals surface area contributed by atoms with E-state index in [9.17, 15) is 0 Å². The average Bonchev–Trinajstić information content (AvgIpc) is 2.30. The molecule has 0 aliphatic carbocycles. The van der Waals surface area contributed by atoms with Crippen LogP contribution in [0.2, 0.25) is 11.5 Å². The minimum atomic E-state index is -1.000. The van der Waals surface area contributed by atoms with Crippen molar-refractivity contribution < 1.29 is 0 Å². The Labute approximate surface area is 96.1 Å². The zero-order chi connectivity index (χ0) is 10.7. The fourth-order valence-electron chi connectivity index (χ4n) is 1.79. The summed E-state index contributed by atoms with van der Waals surface area (Å²) in [7, 11) is 0. The zero-order valence-electron chi connectivity index (χ0n) is 9.20. The number of hydrogen-bond donors (Lipinski definition) is 0. The molecule has 0 heterocycles. The van der Waals surface area contributed by atoms with Crippen LogP contribution in [0.15, 0.2) is 54.6 Å². The van der Waals surface area contributed by atoms with E-state index in [1.54, 1.807) is 4.40 Å². The molecule has 1 heteroatoms. The van der Waals surface area contributed by atoms with Gasteiger partial charge in [-0.2, -0.15) is 0 Å². The molecule has 0 bridgehead atoms. The second-order valence-electron chi connectivity index (χ2n) is 3.91. The van der Waals surface area contributed by atoms with Gasteiger partial charge >= 0.3 is 96.0 Å². The molecule has 75 valence electrons. The molecule has 0 nitrogen and oxygen atoms in total. The number of hydrogen-bond acceptors (Lipinski definition) is 0. The SMILES string of the molecule is [CH3][Ge]([CH3])[c]1ccccc1-c1ccccc1. The molecule has 0 saturated carbocycles. The van der Waals surface area contributed by atoms with E-state index in [1.807, 2.05) is 0 Å². The van der Waals surface area contributed by atoms with E-state index in [4.69, 9.17) is 0 Å². The van der Waals surface area contributed by atoms with E-state index in [-0.39, 0.29) is 0 Å². The Kier molecular flexibility index (Phi) is 3.27. The van der Waals surface area contributed by atoms with Crippen LogP contribution in [-0.2, 0) is 0 Å². The topological polar surface area (TPSA) is 0 Å². The summed E-state index contributed by atoms with van der Waals surface area (Å²) >= 11 is -1.000. The van der Waals surface area contributed by atoms with Crippen molar-refractivity contribution in [2.24, 2.45) is 0 Å². The molecule has 0 spiro atoms. The van der Waals surface area contributed by atoms with Crippen LogP contribution in [0.25, 0.3) is 11.1 Å². The quantitative estimate of drug-likeness (QED) is 0.723. The predicted molar refractivity (Wildman–Crippen MR) is 69.0 cm³/mol. The summed E-state index contributed by atoms with van der Waals surface area (Å²) in [6.45, 7) is 0. The van der Waals surface area contributed by atoms with Crippen molar-refractivity contribution in [1.82, 2.24) is 0 Å².